The summed E-state index contributed by atoms with van der Waals surface area (Å²) in [5.41, 5.74) is 0.374. The Morgan fingerprint density at radius 2 is 1.90 bits per heavy atom. The van der Waals surface area contributed by atoms with Crippen molar-refractivity contribution in [2.24, 2.45) is 0 Å². The first-order valence-corrected chi connectivity index (χ1v) is 8.23. The second-order valence-electron chi connectivity index (χ2n) is 4.33. The molecule has 0 aliphatic heterocycles. The number of halogens is 2. The first-order valence-electron chi connectivity index (χ1n) is 5.76. The molecule has 0 saturated carbocycles. The summed E-state index contributed by atoms with van der Waals surface area (Å²) in [6, 6.07) is 4.85. The van der Waals surface area contributed by atoms with Crippen LogP contribution in [0.3, 0.4) is 0 Å². The number of hydrogen-bond acceptors (Lipinski definition) is 5. The summed E-state index contributed by atoms with van der Waals surface area (Å²) >= 11 is 12.0. The molecule has 5 nitrogen and oxygen atoms in total. The van der Waals surface area contributed by atoms with Crippen molar-refractivity contribution < 1.29 is 12.9 Å². The zero-order valence-corrected chi connectivity index (χ0v) is 13.1. The highest BCUT2D eigenvalue weighted by molar-refractivity contribution is 7.90. The van der Waals surface area contributed by atoms with Crippen LogP contribution >= 0.6 is 23.2 Å². The molecule has 20 heavy (non-hydrogen) atoms. The molecule has 1 unspecified atom stereocenters. The third-order valence-corrected chi connectivity index (χ3v) is 5.52. The molecule has 1 aromatic carbocycles. The van der Waals surface area contributed by atoms with E-state index in [9.17, 15) is 8.42 Å². The Bertz CT molecular complexity index is 708. The van der Waals surface area contributed by atoms with Crippen LogP contribution in [0.4, 0.5) is 0 Å². The Labute approximate surface area is 126 Å². The van der Waals surface area contributed by atoms with Gasteiger partial charge in [-0.2, -0.15) is 4.98 Å². The number of aryl methyl sites for hydroxylation is 1. The average molecular weight is 335 g/mol. The highest BCUT2D eigenvalue weighted by atomic mass is 35.5. The predicted molar refractivity (Wildman–Crippen MR) is 76.5 cm³/mol. The summed E-state index contributed by atoms with van der Waals surface area (Å²) < 4.78 is 29.6. The van der Waals surface area contributed by atoms with Crippen molar-refractivity contribution in [2.75, 3.05) is 0 Å². The van der Waals surface area contributed by atoms with Gasteiger partial charge in [0, 0.05) is 15.6 Å². The molecule has 0 aliphatic rings. The van der Waals surface area contributed by atoms with E-state index in [1.807, 2.05) is 0 Å². The van der Waals surface area contributed by atoms with Crippen molar-refractivity contribution in [3.63, 3.8) is 0 Å². The molecule has 1 aromatic heterocycles. The van der Waals surface area contributed by atoms with Gasteiger partial charge >= 0.3 is 0 Å². The maximum Gasteiger partial charge on any atom is 0.244 e. The van der Waals surface area contributed by atoms with E-state index in [0.717, 1.165) is 0 Å². The maximum atomic E-state index is 12.4. The third-order valence-electron chi connectivity index (χ3n) is 2.84. The van der Waals surface area contributed by atoms with E-state index in [0.29, 0.717) is 21.4 Å². The minimum Gasteiger partial charge on any atom is -0.338 e. The molecule has 0 saturated heterocycles. The van der Waals surface area contributed by atoms with Crippen LogP contribution < -0.4 is 0 Å². The first kappa shape index (κ1) is 15.3. The van der Waals surface area contributed by atoms with Crippen LogP contribution in [-0.4, -0.2) is 18.6 Å². The van der Waals surface area contributed by atoms with Crippen molar-refractivity contribution in [3.05, 3.63) is 45.5 Å². The van der Waals surface area contributed by atoms with Crippen LogP contribution in [0.1, 0.15) is 29.5 Å². The minimum absolute atomic E-state index is 0.0608. The third kappa shape index (κ3) is 3.13. The Morgan fingerprint density at radius 3 is 2.40 bits per heavy atom. The normalized spacial score (nSPS) is 13.4. The maximum absolute atomic E-state index is 12.4. The summed E-state index contributed by atoms with van der Waals surface area (Å²) in [6.07, 6.45) is 0. The molecular formula is C12H12Cl2N2O3S. The van der Waals surface area contributed by atoms with Crippen LogP contribution in [0.5, 0.6) is 0 Å². The van der Waals surface area contributed by atoms with Crippen LogP contribution in [-0.2, 0) is 15.6 Å². The molecule has 8 heteroatoms. The molecular weight excluding hydrogens is 323 g/mol. The standard InChI is InChI=1S/C12H12Cl2N2O3S/c1-7(12-15-8(2)16-19-12)20(17,18)6-9-10(13)4-3-5-11(9)14/h3-5,7H,6H2,1-2H3. The molecule has 108 valence electrons. The summed E-state index contributed by atoms with van der Waals surface area (Å²) in [4.78, 5) is 3.94. The predicted octanol–water partition coefficient (Wildman–Crippen LogP) is 3.36. The molecule has 0 amide bonds. The largest absolute Gasteiger partial charge is 0.338 e. The van der Waals surface area contributed by atoms with E-state index < -0.39 is 15.1 Å². The fourth-order valence-corrected chi connectivity index (χ4v) is 3.68. The summed E-state index contributed by atoms with van der Waals surface area (Å²) in [6.45, 7) is 3.12. The van der Waals surface area contributed by atoms with Gasteiger partial charge in [0.05, 0.1) is 5.75 Å². The van der Waals surface area contributed by atoms with Gasteiger partial charge in [-0.25, -0.2) is 8.42 Å². The molecule has 0 spiro atoms. The van der Waals surface area contributed by atoms with Gasteiger partial charge in [-0.1, -0.05) is 34.4 Å². The fraction of sp³-hybridized carbons (Fsp3) is 0.333. The van der Waals surface area contributed by atoms with Crippen molar-refractivity contribution in [2.45, 2.75) is 24.9 Å². The summed E-state index contributed by atoms with van der Waals surface area (Å²) in [5.74, 6) is 0.164. The number of rotatable bonds is 4. The second kappa shape index (κ2) is 5.71. The Kier molecular flexibility index (Phi) is 4.36. The zero-order chi connectivity index (χ0) is 14.9. The van der Waals surface area contributed by atoms with Crippen molar-refractivity contribution >= 4 is 33.0 Å². The molecule has 2 aromatic rings. The van der Waals surface area contributed by atoms with Gasteiger partial charge in [0.1, 0.15) is 5.25 Å². The Morgan fingerprint density at radius 1 is 1.30 bits per heavy atom. The molecule has 0 N–H and O–H groups in total. The van der Waals surface area contributed by atoms with Gasteiger partial charge in [-0.15, -0.1) is 0 Å². The molecule has 0 radical (unpaired) electrons. The fourth-order valence-electron chi connectivity index (χ4n) is 1.63. The monoisotopic (exact) mass is 334 g/mol. The van der Waals surface area contributed by atoms with Crippen LogP contribution in [0.25, 0.3) is 0 Å². The van der Waals surface area contributed by atoms with Gasteiger partial charge in [-0.05, 0) is 26.0 Å². The Hall–Kier alpha value is -1.11. The second-order valence-corrected chi connectivity index (χ2v) is 7.47. The quantitative estimate of drug-likeness (QED) is 0.856. The van der Waals surface area contributed by atoms with Crippen molar-refractivity contribution in [3.8, 4) is 0 Å². The number of sulfone groups is 1. The average Bonchev–Trinajstić information content (AvgIpc) is 2.80. The minimum atomic E-state index is -3.56. The topological polar surface area (TPSA) is 73.1 Å². The van der Waals surface area contributed by atoms with Gasteiger partial charge in [0.2, 0.25) is 5.89 Å². The summed E-state index contributed by atoms with van der Waals surface area (Å²) in [5, 5.41) is 3.30. The highest BCUT2D eigenvalue weighted by Gasteiger charge is 2.29. The van der Waals surface area contributed by atoms with Crippen LogP contribution in [0, 0.1) is 6.92 Å². The van der Waals surface area contributed by atoms with Gasteiger partial charge in [0.25, 0.3) is 0 Å². The molecule has 0 bridgehead atoms. The molecule has 1 atom stereocenters. The lowest BCUT2D eigenvalue weighted by Crippen LogP contribution is -2.13. The number of hydrogen-bond donors (Lipinski definition) is 0. The van der Waals surface area contributed by atoms with Gasteiger partial charge in [0.15, 0.2) is 15.7 Å². The lowest BCUT2D eigenvalue weighted by atomic mass is 10.2. The van der Waals surface area contributed by atoms with E-state index in [2.05, 4.69) is 10.1 Å². The van der Waals surface area contributed by atoms with E-state index in [1.54, 1.807) is 25.1 Å². The van der Waals surface area contributed by atoms with E-state index in [-0.39, 0.29) is 11.6 Å². The SMILES string of the molecule is Cc1noc(C(C)S(=O)(=O)Cc2c(Cl)cccc2Cl)n1. The van der Waals surface area contributed by atoms with Crippen molar-refractivity contribution in [1.29, 1.82) is 0 Å². The van der Waals surface area contributed by atoms with E-state index >= 15 is 0 Å². The molecule has 1 heterocycles. The smallest absolute Gasteiger partial charge is 0.244 e. The van der Waals surface area contributed by atoms with Crippen molar-refractivity contribution in [1.82, 2.24) is 10.1 Å². The number of nitrogens with zero attached hydrogens (tertiary/aromatic N) is 2. The van der Waals surface area contributed by atoms with Gasteiger partial charge < -0.3 is 4.52 Å². The summed E-state index contributed by atoms with van der Waals surface area (Å²) in [7, 11) is -3.56. The number of benzene rings is 1. The van der Waals surface area contributed by atoms with E-state index in [1.165, 1.54) is 6.92 Å². The van der Waals surface area contributed by atoms with E-state index in [4.69, 9.17) is 27.7 Å². The molecule has 0 fully saturated rings. The first-order chi connectivity index (χ1) is 9.31. The van der Waals surface area contributed by atoms with Crippen LogP contribution in [0.15, 0.2) is 22.7 Å². The van der Waals surface area contributed by atoms with Gasteiger partial charge in [-0.3, -0.25) is 0 Å². The molecule has 0 aliphatic carbocycles. The zero-order valence-electron chi connectivity index (χ0n) is 10.8. The lowest BCUT2D eigenvalue weighted by Gasteiger charge is -2.11. The Balaban J connectivity index is 2.32. The number of aromatic nitrogens is 2. The lowest BCUT2D eigenvalue weighted by molar-refractivity contribution is 0.373. The molecule has 2 rings (SSSR count). The van der Waals surface area contributed by atoms with Crippen LogP contribution in [0.2, 0.25) is 10.0 Å². The highest BCUT2D eigenvalue weighted by Crippen LogP contribution is 2.30.